The SMILES string of the molecule is Nc1c([N+](=O)[O-])cc2c(no[n+]2[O-])c1[N+](=O)[O-]. The van der Waals surface area contributed by atoms with Crippen LogP contribution in [0.25, 0.3) is 11.0 Å². The van der Waals surface area contributed by atoms with Crippen molar-refractivity contribution in [1.82, 2.24) is 5.16 Å². The zero-order valence-corrected chi connectivity index (χ0v) is 7.89. The number of nitro groups is 2. The molecule has 1 aromatic heterocycles. The second-order valence-corrected chi connectivity index (χ2v) is 2.97. The van der Waals surface area contributed by atoms with Crippen molar-refractivity contribution in [3.05, 3.63) is 31.5 Å². The molecule has 2 aromatic rings. The average molecular weight is 241 g/mol. The van der Waals surface area contributed by atoms with Crippen LogP contribution in [0.15, 0.2) is 10.7 Å². The van der Waals surface area contributed by atoms with Crippen molar-refractivity contribution >= 4 is 28.1 Å². The van der Waals surface area contributed by atoms with Crippen LogP contribution < -0.4 is 10.6 Å². The Balaban J connectivity index is 2.97. The van der Waals surface area contributed by atoms with Gasteiger partial charge in [0.05, 0.1) is 21.1 Å². The molecule has 1 aromatic carbocycles. The molecule has 0 spiro atoms. The fraction of sp³-hybridized carbons (Fsp3) is 0. The van der Waals surface area contributed by atoms with Crippen molar-refractivity contribution in [2.24, 2.45) is 0 Å². The van der Waals surface area contributed by atoms with E-state index in [2.05, 4.69) is 9.79 Å². The third-order valence-corrected chi connectivity index (χ3v) is 2.05. The maximum atomic E-state index is 11.0. The summed E-state index contributed by atoms with van der Waals surface area (Å²) < 4.78 is 4.12. The standard InChI is InChI=1S/C6H3N5O6/c7-4-2(9(12)13)1-3-5(6(4)10(14)15)8-17-11(3)16/h1H,7H2. The van der Waals surface area contributed by atoms with E-state index in [1.165, 1.54) is 0 Å². The highest BCUT2D eigenvalue weighted by Crippen LogP contribution is 2.36. The molecule has 17 heavy (non-hydrogen) atoms. The molecule has 0 aliphatic rings. The number of nitrogens with zero attached hydrogens (tertiary/aromatic N) is 4. The summed E-state index contributed by atoms with van der Waals surface area (Å²) in [7, 11) is 0. The van der Waals surface area contributed by atoms with E-state index >= 15 is 0 Å². The number of hydrogen-bond acceptors (Lipinski definition) is 8. The minimum absolute atomic E-state index is 0.172. The number of nitrogen functional groups attached to an aromatic ring is 1. The summed E-state index contributed by atoms with van der Waals surface area (Å²) in [5.74, 6) is 0. The summed E-state index contributed by atoms with van der Waals surface area (Å²) in [5, 5.41) is 35.5. The number of nitro benzene ring substituents is 2. The highest BCUT2D eigenvalue weighted by molar-refractivity contribution is 5.93. The second kappa shape index (κ2) is 3.26. The first kappa shape index (κ1) is 10.5. The van der Waals surface area contributed by atoms with Crippen LogP contribution in [-0.4, -0.2) is 15.0 Å². The van der Waals surface area contributed by atoms with E-state index in [1.54, 1.807) is 0 Å². The monoisotopic (exact) mass is 241 g/mol. The summed E-state index contributed by atoms with van der Waals surface area (Å²) in [4.78, 5) is 19.3. The number of hydrogen-bond donors (Lipinski definition) is 1. The number of benzene rings is 1. The molecule has 0 aliphatic carbocycles. The van der Waals surface area contributed by atoms with Crippen LogP contribution in [-0.2, 0) is 0 Å². The van der Waals surface area contributed by atoms with E-state index in [4.69, 9.17) is 5.73 Å². The van der Waals surface area contributed by atoms with Crippen LogP contribution in [0.5, 0.6) is 0 Å². The highest BCUT2D eigenvalue weighted by Gasteiger charge is 2.33. The van der Waals surface area contributed by atoms with Crippen molar-refractivity contribution < 1.29 is 19.4 Å². The van der Waals surface area contributed by atoms with Crippen LogP contribution >= 0.6 is 0 Å². The summed E-state index contributed by atoms with van der Waals surface area (Å²) in [5.41, 5.74) is 2.16. The summed E-state index contributed by atoms with van der Waals surface area (Å²) >= 11 is 0. The lowest BCUT2D eigenvalue weighted by Gasteiger charge is -1.96. The quantitative estimate of drug-likeness (QED) is 0.328. The van der Waals surface area contributed by atoms with Gasteiger partial charge in [-0.3, -0.25) is 24.9 Å². The number of nitrogens with two attached hydrogens (primary N) is 1. The van der Waals surface area contributed by atoms with E-state index in [-0.39, 0.29) is 4.90 Å². The molecule has 11 heteroatoms. The predicted molar refractivity (Wildman–Crippen MR) is 50.7 cm³/mol. The molecule has 1 heterocycles. The Labute approximate surface area is 90.9 Å². The highest BCUT2D eigenvalue weighted by atomic mass is 16.8. The van der Waals surface area contributed by atoms with Gasteiger partial charge in [-0.25, -0.2) is 0 Å². The zero-order valence-electron chi connectivity index (χ0n) is 7.89. The van der Waals surface area contributed by atoms with Crippen LogP contribution in [0.3, 0.4) is 0 Å². The largest absolute Gasteiger partial charge is 0.387 e. The molecule has 0 bridgehead atoms. The molecule has 0 fully saturated rings. The maximum Gasteiger partial charge on any atom is 0.356 e. The van der Waals surface area contributed by atoms with Crippen molar-refractivity contribution in [2.45, 2.75) is 0 Å². The van der Waals surface area contributed by atoms with Gasteiger partial charge in [-0.1, -0.05) is 0 Å². The Morgan fingerprint density at radius 1 is 1.35 bits per heavy atom. The van der Waals surface area contributed by atoms with Gasteiger partial charge in [0.25, 0.3) is 0 Å². The van der Waals surface area contributed by atoms with Crippen molar-refractivity contribution in [3.8, 4) is 0 Å². The van der Waals surface area contributed by atoms with Gasteiger partial charge in [0.1, 0.15) is 0 Å². The maximum absolute atomic E-state index is 11.0. The molecular weight excluding hydrogens is 238 g/mol. The van der Waals surface area contributed by atoms with E-state index in [9.17, 15) is 25.4 Å². The van der Waals surface area contributed by atoms with E-state index in [0.29, 0.717) is 0 Å². The lowest BCUT2D eigenvalue weighted by atomic mass is 10.2. The predicted octanol–water partition coefficient (Wildman–Crippen LogP) is -0.140. The number of anilines is 1. The van der Waals surface area contributed by atoms with Gasteiger partial charge >= 0.3 is 16.9 Å². The van der Waals surface area contributed by atoms with Gasteiger partial charge in [-0.15, -0.1) is 0 Å². The van der Waals surface area contributed by atoms with Crippen molar-refractivity contribution in [3.63, 3.8) is 0 Å². The van der Waals surface area contributed by atoms with Gasteiger partial charge in [0.15, 0.2) is 5.69 Å². The molecule has 0 aliphatic heterocycles. The van der Waals surface area contributed by atoms with Crippen LogP contribution in [0.4, 0.5) is 17.1 Å². The van der Waals surface area contributed by atoms with Crippen LogP contribution in [0.2, 0.25) is 0 Å². The van der Waals surface area contributed by atoms with Crippen LogP contribution in [0, 0.1) is 25.4 Å². The molecule has 0 unspecified atom stereocenters. The average Bonchev–Trinajstić information content (AvgIpc) is 2.58. The topological polar surface area (TPSA) is 165 Å². The first-order valence-electron chi connectivity index (χ1n) is 4.04. The van der Waals surface area contributed by atoms with E-state index in [1.807, 2.05) is 0 Å². The Kier molecular flexibility index (Phi) is 2.02. The van der Waals surface area contributed by atoms with Gasteiger partial charge in [0.2, 0.25) is 5.52 Å². The van der Waals surface area contributed by atoms with Gasteiger partial charge in [-0.2, -0.15) is 0 Å². The lowest BCUT2D eigenvalue weighted by molar-refractivity contribution is -0.782. The molecule has 88 valence electrons. The third-order valence-electron chi connectivity index (χ3n) is 2.05. The minimum Gasteiger partial charge on any atom is -0.387 e. The first-order chi connectivity index (χ1) is 7.93. The fourth-order valence-corrected chi connectivity index (χ4v) is 1.33. The summed E-state index contributed by atoms with van der Waals surface area (Å²) in [6.45, 7) is 0. The second-order valence-electron chi connectivity index (χ2n) is 2.97. The number of aromatic nitrogens is 2. The smallest absolute Gasteiger partial charge is 0.356 e. The fourth-order valence-electron chi connectivity index (χ4n) is 1.33. The minimum atomic E-state index is -0.965. The Bertz CT molecular complexity index is 648. The Morgan fingerprint density at radius 3 is 2.53 bits per heavy atom. The van der Waals surface area contributed by atoms with Crippen LogP contribution in [0.1, 0.15) is 0 Å². The first-order valence-corrected chi connectivity index (χ1v) is 4.04. The van der Waals surface area contributed by atoms with Gasteiger partial charge in [-0.05, 0) is 4.90 Å². The summed E-state index contributed by atoms with van der Waals surface area (Å²) in [6.07, 6.45) is 0. The molecular formula is C6H3N5O6. The molecule has 2 rings (SSSR count). The normalized spacial score (nSPS) is 10.6. The molecule has 0 saturated carbocycles. The Morgan fingerprint density at radius 2 is 2.00 bits per heavy atom. The van der Waals surface area contributed by atoms with E-state index in [0.717, 1.165) is 6.07 Å². The van der Waals surface area contributed by atoms with E-state index < -0.39 is 37.9 Å². The molecule has 11 nitrogen and oxygen atoms in total. The molecule has 0 atom stereocenters. The van der Waals surface area contributed by atoms with Crippen molar-refractivity contribution in [1.29, 1.82) is 0 Å². The summed E-state index contributed by atoms with van der Waals surface area (Å²) in [6, 6.07) is 0.765. The Hall–Kier alpha value is -2.98. The molecule has 0 radical (unpaired) electrons. The molecule has 0 saturated heterocycles. The van der Waals surface area contributed by atoms with Gasteiger partial charge in [0, 0.05) is 0 Å². The molecule has 2 N–H and O–H groups in total. The third kappa shape index (κ3) is 1.37. The van der Waals surface area contributed by atoms with Crippen molar-refractivity contribution in [2.75, 3.05) is 5.73 Å². The number of rotatable bonds is 2. The lowest BCUT2D eigenvalue weighted by Crippen LogP contribution is -2.22. The van der Waals surface area contributed by atoms with Gasteiger partial charge < -0.3 is 10.9 Å². The zero-order chi connectivity index (χ0) is 12.7. The molecule has 0 amide bonds. The number of fused-ring (bicyclic) bond motifs is 1.